The molecule has 0 spiro atoms. The quantitative estimate of drug-likeness (QED) is 0.184. The van der Waals surface area contributed by atoms with E-state index in [0.29, 0.717) is 24.3 Å². The van der Waals surface area contributed by atoms with Gasteiger partial charge in [-0.3, -0.25) is 0 Å². The van der Waals surface area contributed by atoms with Crippen LogP contribution < -0.4 is 8.92 Å². The summed E-state index contributed by atoms with van der Waals surface area (Å²) in [5.74, 6) is -1.70. The third-order valence-electron chi connectivity index (χ3n) is 4.15. The number of benzene rings is 2. The molecule has 0 atom stereocenters. The predicted molar refractivity (Wildman–Crippen MR) is 119 cm³/mol. The van der Waals surface area contributed by atoms with Crippen LogP contribution in [0.5, 0.6) is 11.5 Å². The van der Waals surface area contributed by atoms with Crippen molar-refractivity contribution < 1.29 is 41.0 Å². The molecule has 0 unspecified atom stereocenters. The zero-order valence-corrected chi connectivity index (χ0v) is 19.0. The van der Waals surface area contributed by atoms with Crippen LogP contribution in [0.4, 0.5) is 4.39 Å². The average Bonchev–Trinajstić information content (AvgIpc) is 3.25. The molecule has 0 saturated carbocycles. The summed E-state index contributed by atoms with van der Waals surface area (Å²) in [4.78, 5) is 16.7. The van der Waals surface area contributed by atoms with Crippen molar-refractivity contribution in [2.24, 2.45) is 5.16 Å². The number of hydrogen-bond acceptors (Lipinski definition) is 9. The molecule has 10 nitrogen and oxygen atoms in total. The lowest BCUT2D eigenvalue weighted by Gasteiger charge is -2.10. The van der Waals surface area contributed by atoms with Crippen molar-refractivity contribution in [2.75, 3.05) is 19.5 Å². The van der Waals surface area contributed by atoms with Crippen molar-refractivity contribution in [1.82, 2.24) is 5.16 Å². The normalized spacial score (nSPS) is 11.8. The first-order chi connectivity index (χ1) is 16.1. The number of rotatable bonds is 11. The Hall–Kier alpha value is -3.93. The van der Waals surface area contributed by atoms with Gasteiger partial charge in [0.25, 0.3) is 0 Å². The van der Waals surface area contributed by atoms with Crippen molar-refractivity contribution in [3.05, 3.63) is 65.7 Å². The third-order valence-corrected chi connectivity index (χ3v) is 4.65. The maximum atomic E-state index is 13.2. The second-order valence-electron chi connectivity index (χ2n) is 7.03. The van der Waals surface area contributed by atoms with Crippen molar-refractivity contribution >= 4 is 21.8 Å². The first kappa shape index (κ1) is 24.7. The number of aromatic nitrogens is 1. The van der Waals surface area contributed by atoms with E-state index in [-0.39, 0.29) is 41.0 Å². The van der Waals surface area contributed by atoms with Crippen molar-refractivity contribution in [3.63, 3.8) is 0 Å². The Morgan fingerprint density at radius 3 is 2.50 bits per heavy atom. The van der Waals surface area contributed by atoms with Crippen LogP contribution in [0.1, 0.15) is 29.5 Å². The van der Waals surface area contributed by atoms with E-state index in [1.165, 1.54) is 24.3 Å². The van der Waals surface area contributed by atoms with Gasteiger partial charge >= 0.3 is 16.1 Å². The highest BCUT2D eigenvalue weighted by atomic mass is 32.2. The van der Waals surface area contributed by atoms with Gasteiger partial charge in [0, 0.05) is 17.7 Å². The highest BCUT2D eigenvalue weighted by Gasteiger charge is 2.17. The topological polar surface area (TPSA) is 138 Å². The monoisotopic (exact) mass is 492 g/mol. The molecule has 0 bridgehead atoms. The van der Waals surface area contributed by atoms with Gasteiger partial charge < -0.3 is 23.4 Å². The summed E-state index contributed by atoms with van der Waals surface area (Å²) in [5.41, 5.74) is 0.994. The molecule has 34 heavy (non-hydrogen) atoms. The molecule has 0 saturated heterocycles. The number of carboxylic acids is 1. The molecule has 3 aromatic rings. The molecule has 0 amide bonds. The van der Waals surface area contributed by atoms with Crippen LogP contribution in [0.2, 0.25) is 0 Å². The zero-order chi connectivity index (χ0) is 24.7. The van der Waals surface area contributed by atoms with Crippen LogP contribution in [0.3, 0.4) is 0 Å². The number of oxime groups is 1. The Kier molecular flexibility index (Phi) is 7.84. The van der Waals surface area contributed by atoms with E-state index in [1.807, 2.05) is 6.92 Å². The third kappa shape index (κ3) is 7.04. The molecule has 0 radical (unpaired) electrons. The summed E-state index contributed by atoms with van der Waals surface area (Å²) in [7, 11) is -3.89. The Balaban J connectivity index is 1.85. The lowest BCUT2D eigenvalue weighted by Crippen LogP contribution is -2.14. The molecule has 1 aromatic heterocycles. The number of hydrogen-bond donors (Lipinski definition) is 1. The van der Waals surface area contributed by atoms with Gasteiger partial charge in [0.05, 0.1) is 11.8 Å². The van der Waals surface area contributed by atoms with Crippen LogP contribution in [-0.2, 0) is 15.0 Å². The molecule has 0 aliphatic heterocycles. The van der Waals surface area contributed by atoms with Gasteiger partial charge in [-0.05, 0) is 42.8 Å². The van der Waals surface area contributed by atoms with Crippen molar-refractivity contribution in [2.45, 2.75) is 13.3 Å². The predicted octanol–water partition coefficient (Wildman–Crippen LogP) is 3.73. The number of nitrogens with zero attached hydrogens (tertiary/aromatic N) is 2. The van der Waals surface area contributed by atoms with Crippen LogP contribution in [0, 0.1) is 5.82 Å². The first-order valence-electron chi connectivity index (χ1n) is 9.97. The van der Waals surface area contributed by atoms with Crippen molar-refractivity contribution in [3.8, 4) is 22.8 Å². The molecule has 0 aliphatic rings. The fourth-order valence-corrected chi connectivity index (χ4v) is 3.12. The summed E-state index contributed by atoms with van der Waals surface area (Å²) in [6, 6.07) is 10.7. The molecule has 180 valence electrons. The first-order valence-corrected chi connectivity index (χ1v) is 11.8. The van der Waals surface area contributed by atoms with Gasteiger partial charge in [0.1, 0.15) is 36.2 Å². The maximum Gasteiger partial charge on any atom is 0.335 e. The van der Waals surface area contributed by atoms with E-state index in [9.17, 15) is 22.7 Å². The van der Waals surface area contributed by atoms with Crippen LogP contribution in [0.25, 0.3) is 11.3 Å². The van der Waals surface area contributed by atoms with Crippen LogP contribution >= 0.6 is 0 Å². The van der Waals surface area contributed by atoms with Gasteiger partial charge in [-0.25, -0.2) is 9.18 Å². The highest BCUT2D eigenvalue weighted by molar-refractivity contribution is 7.86. The fraction of sp³-hybridized carbons (Fsp3) is 0.227. The Bertz CT molecular complexity index is 1290. The van der Waals surface area contributed by atoms with E-state index in [4.69, 9.17) is 18.3 Å². The van der Waals surface area contributed by atoms with Crippen LogP contribution in [-0.4, -0.2) is 49.8 Å². The summed E-state index contributed by atoms with van der Waals surface area (Å²) < 4.78 is 51.9. The fourth-order valence-electron chi connectivity index (χ4n) is 2.68. The van der Waals surface area contributed by atoms with Crippen molar-refractivity contribution in [1.29, 1.82) is 0 Å². The highest BCUT2D eigenvalue weighted by Crippen LogP contribution is 2.25. The number of aromatic carboxylic acids is 1. The van der Waals surface area contributed by atoms with Gasteiger partial charge in [0.15, 0.2) is 11.5 Å². The van der Waals surface area contributed by atoms with E-state index >= 15 is 0 Å². The Morgan fingerprint density at radius 1 is 1.15 bits per heavy atom. The van der Waals surface area contributed by atoms with Gasteiger partial charge in [-0.1, -0.05) is 17.2 Å². The molecular weight excluding hydrogens is 471 g/mol. The number of carbonyl (C=O) groups is 1. The minimum atomic E-state index is -3.89. The molecule has 0 fully saturated rings. The lowest BCUT2D eigenvalue weighted by molar-refractivity contribution is 0.0696. The SMILES string of the molecule is CCCON=C(COc1cc(OS(C)(=O)=O)cc(C(=O)O)c1)c1cc(-c2ccc(F)cc2)no1. The molecule has 1 heterocycles. The minimum Gasteiger partial charge on any atom is -0.487 e. The van der Waals surface area contributed by atoms with Gasteiger partial charge in [-0.2, -0.15) is 8.42 Å². The average molecular weight is 492 g/mol. The molecule has 12 heteroatoms. The molecule has 0 aliphatic carbocycles. The Morgan fingerprint density at radius 2 is 1.85 bits per heavy atom. The van der Waals surface area contributed by atoms with Gasteiger partial charge in [-0.15, -0.1) is 0 Å². The summed E-state index contributed by atoms with van der Waals surface area (Å²) in [6.45, 7) is 1.99. The second kappa shape index (κ2) is 10.8. The number of halogens is 1. The summed E-state index contributed by atoms with van der Waals surface area (Å²) in [5, 5.41) is 17.3. The summed E-state index contributed by atoms with van der Waals surface area (Å²) >= 11 is 0. The lowest BCUT2D eigenvalue weighted by atomic mass is 10.1. The van der Waals surface area contributed by atoms with E-state index in [2.05, 4.69) is 10.3 Å². The Labute approximate surface area is 194 Å². The van der Waals surface area contributed by atoms with E-state index in [1.54, 1.807) is 18.2 Å². The smallest absolute Gasteiger partial charge is 0.335 e. The minimum absolute atomic E-state index is 0.0139. The number of carboxylic acid groups (broad SMARTS) is 1. The van der Waals surface area contributed by atoms with Gasteiger partial charge in [0.2, 0.25) is 0 Å². The van der Waals surface area contributed by atoms with E-state index in [0.717, 1.165) is 12.3 Å². The standard InChI is InChI=1S/C22H21FN2O8S/c1-3-8-31-24-20(21-12-19(25-32-21)14-4-6-16(23)7-5-14)13-30-17-9-15(22(26)27)10-18(11-17)33-34(2,28)29/h4-7,9-12H,3,8,13H2,1-2H3,(H,26,27). The number of ether oxygens (including phenoxy) is 1. The second-order valence-corrected chi connectivity index (χ2v) is 8.60. The molecule has 3 rings (SSSR count). The molecule has 1 N–H and O–H groups in total. The maximum absolute atomic E-state index is 13.2. The largest absolute Gasteiger partial charge is 0.487 e. The van der Waals surface area contributed by atoms with E-state index < -0.39 is 16.1 Å². The summed E-state index contributed by atoms with van der Waals surface area (Å²) in [6.07, 6.45) is 1.53. The van der Waals surface area contributed by atoms with Crippen LogP contribution in [0.15, 0.2) is 58.2 Å². The zero-order valence-electron chi connectivity index (χ0n) is 18.2. The molecule has 2 aromatic carbocycles. The molecular formula is C22H21FN2O8S.